The molecule has 0 amide bonds. The number of rotatable bonds is 5. The molecule has 2 fully saturated rings. The number of hydrogen-bond acceptors (Lipinski definition) is 2. The number of hydrogen-bond donors (Lipinski definition) is 2. The highest BCUT2D eigenvalue weighted by Crippen LogP contribution is 2.51. The molecule has 0 radical (unpaired) electrons. The molecule has 2 rings (SSSR count). The molecule has 0 saturated heterocycles. The van der Waals surface area contributed by atoms with Gasteiger partial charge in [-0.2, -0.15) is 0 Å². The fourth-order valence-corrected chi connectivity index (χ4v) is 3.54. The lowest BCUT2D eigenvalue weighted by Crippen LogP contribution is -2.52. The molecule has 3 N–H and O–H groups in total. The molecule has 2 heteroatoms. The van der Waals surface area contributed by atoms with Gasteiger partial charge in [0.15, 0.2) is 0 Å². The molecule has 0 heterocycles. The zero-order valence-electron chi connectivity index (χ0n) is 11.9. The van der Waals surface area contributed by atoms with Crippen LogP contribution in [0.2, 0.25) is 0 Å². The van der Waals surface area contributed by atoms with E-state index in [9.17, 15) is 0 Å². The Morgan fingerprint density at radius 3 is 2.47 bits per heavy atom. The van der Waals surface area contributed by atoms with Crippen molar-refractivity contribution in [3.63, 3.8) is 0 Å². The van der Waals surface area contributed by atoms with E-state index in [1.165, 1.54) is 45.1 Å². The fourth-order valence-electron chi connectivity index (χ4n) is 3.54. The van der Waals surface area contributed by atoms with Crippen LogP contribution in [0.3, 0.4) is 0 Å². The van der Waals surface area contributed by atoms with Gasteiger partial charge in [0.05, 0.1) is 0 Å². The smallest absolute Gasteiger partial charge is 0.0283 e. The van der Waals surface area contributed by atoms with E-state index in [0.29, 0.717) is 5.41 Å². The summed E-state index contributed by atoms with van der Waals surface area (Å²) < 4.78 is 0. The molecule has 0 aromatic heterocycles. The quantitative estimate of drug-likeness (QED) is 0.773. The molecule has 2 saturated carbocycles. The molecule has 0 spiro atoms. The van der Waals surface area contributed by atoms with Crippen LogP contribution in [0.1, 0.15) is 59.3 Å². The molecular weight excluding hydrogens is 208 g/mol. The van der Waals surface area contributed by atoms with Crippen LogP contribution in [0.15, 0.2) is 0 Å². The summed E-state index contributed by atoms with van der Waals surface area (Å²) in [7, 11) is 0. The Morgan fingerprint density at radius 2 is 1.94 bits per heavy atom. The Kier molecular flexibility index (Phi) is 3.84. The van der Waals surface area contributed by atoms with Crippen LogP contribution in [0.5, 0.6) is 0 Å². The zero-order valence-corrected chi connectivity index (χ0v) is 11.9. The Bertz CT molecular complexity index is 258. The second-order valence-electron chi connectivity index (χ2n) is 7.18. The third kappa shape index (κ3) is 3.23. The van der Waals surface area contributed by atoms with Gasteiger partial charge >= 0.3 is 0 Å². The van der Waals surface area contributed by atoms with Crippen molar-refractivity contribution in [3.8, 4) is 0 Å². The first-order valence-electron chi connectivity index (χ1n) is 7.45. The van der Waals surface area contributed by atoms with E-state index in [0.717, 1.165) is 18.4 Å². The summed E-state index contributed by atoms with van der Waals surface area (Å²) in [4.78, 5) is 0. The van der Waals surface area contributed by atoms with E-state index >= 15 is 0 Å². The van der Waals surface area contributed by atoms with E-state index in [2.05, 4.69) is 26.1 Å². The first kappa shape index (κ1) is 13.4. The van der Waals surface area contributed by atoms with Crippen molar-refractivity contribution in [2.24, 2.45) is 23.0 Å². The molecule has 2 aliphatic carbocycles. The van der Waals surface area contributed by atoms with Crippen molar-refractivity contribution < 1.29 is 0 Å². The van der Waals surface area contributed by atoms with Gasteiger partial charge in [-0.3, -0.25) is 0 Å². The van der Waals surface area contributed by atoms with E-state index in [4.69, 9.17) is 5.73 Å². The predicted octanol–water partition coefficient (Wildman–Crippen LogP) is 2.92. The summed E-state index contributed by atoms with van der Waals surface area (Å²) >= 11 is 0. The van der Waals surface area contributed by atoms with Crippen molar-refractivity contribution in [1.29, 1.82) is 0 Å². The summed E-state index contributed by atoms with van der Waals surface area (Å²) in [6.07, 6.45) is 7.91. The second kappa shape index (κ2) is 4.89. The van der Waals surface area contributed by atoms with Gasteiger partial charge in [-0.1, -0.05) is 33.6 Å². The first-order chi connectivity index (χ1) is 7.96. The molecule has 17 heavy (non-hydrogen) atoms. The summed E-state index contributed by atoms with van der Waals surface area (Å²) in [6, 6.07) is 0. The third-order valence-electron chi connectivity index (χ3n) is 5.20. The molecule has 0 bridgehead atoms. The SMILES string of the molecule is CC1CCCC(N)(CNCC2(C(C)C)CC2)C1. The van der Waals surface area contributed by atoms with Crippen molar-refractivity contribution in [2.45, 2.75) is 64.8 Å². The van der Waals surface area contributed by atoms with Crippen molar-refractivity contribution >= 4 is 0 Å². The maximum atomic E-state index is 6.51. The van der Waals surface area contributed by atoms with Crippen LogP contribution in [0, 0.1) is 17.3 Å². The predicted molar refractivity (Wildman–Crippen MR) is 73.9 cm³/mol. The average molecular weight is 238 g/mol. The minimum atomic E-state index is 0.0741. The van der Waals surface area contributed by atoms with Gasteiger partial charge in [-0.15, -0.1) is 0 Å². The Labute approximate surface area is 107 Å². The van der Waals surface area contributed by atoms with Gasteiger partial charge in [-0.05, 0) is 42.9 Å². The molecule has 0 aromatic carbocycles. The van der Waals surface area contributed by atoms with Crippen LogP contribution >= 0.6 is 0 Å². The largest absolute Gasteiger partial charge is 0.324 e. The van der Waals surface area contributed by atoms with E-state index in [1.807, 2.05) is 0 Å². The average Bonchev–Trinajstić information content (AvgIpc) is 2.98. The molecule has 2 atom stereocenters. The monoisotopic (exact) mass is 238 g/mol. The fraction of sp³-hybridized carbons (Fsp3) is 1.00. The summed E-state index contributed by atoms with van der Waals surface area (Å²) in [5.74, 6) is 1.63. The number of nitrogens with one attached hydrogen (secondary N) is 1. The van der Waals surface area contributed by atoms with Crippen molar-refractivity contribution in [1.82, 2.24) is 5.32 Å². The minimum absolute atomic E-state index is 0.0741. The maximum absolute atomic E-state index is 6.51. The second-order valence-corrected chi connectivity index (χ2v) is 7.18. The van der Waals surface area contributed by atoms with Crippen molar-refractivity contribution in [3.05, 3.63) is 0 Å². The van der Waals surface area contributed by atoms with Gasteiger partial charge in [0.2, 0.25) is 0 Å². The minimum Gasteiger partial charge on any atom is -0.324 e. The van der Waals surface area contributed by atoms with Crippen LogP contribution in [0.4, 0.5) is 0 Å². The van der Waals surface area contributed by atoms with Gasteiger partial charge in [0.1, 0.15) is 0 Å². The van der Waals surface area contributed by atoms with Gasteiger partial charge in [0.25, 0.3) is 0 Å². The van der Waals surface area contributed by atoms with Gasteiger partial charge in [0, 0.05) is 18.6 Å². The molecular formula is C15H30N2. The Hall–Kier alpha value is -0.0800. The lowest BCUT2D eigenvalue weighted by atomic mass is 9.77. The van der Waals surface area contributed by atoms with Crippen LogP contribution < -0.4 is 11.1 Å². The number of nitrogens with two attached hydrogens (primary N) is 1. The van der Waals surface area contributed by atoms with Crippen molar-refractivity contribution in [2.75, 3.05) is 13.1 Å². The molecule has 0 aromatic rings. The molecule has 2 nitrogen and oxygen atoms in total. The summed E-state index contributed by atoms with van der Waals surface area (Å²) in [5.41, 5.74) is 7.19. The third-order valence-corrected chi connectivity index (χ3v) is 5.20. The first-order valence-corrected chi connectivity index (χ1v) is 7.45. The lowest BCUT2D eigenvalue weighted by molar-refractivity contribution is 0.220. The Balaban J connectivity index is 1.74. The van der Waals surface area contributed by atoms with Crippen LogP contribution in [-0.4, -0.2) is 18.6 Å². The normalized spacial score (nSPS) is 36.2. The molecule has 2 unspecified atom stereocenters. The molecule has 100 valence electrons. The Morgan fingerprint density at radius 1 is 1.24 bits per heavy atom. The maximum Gasteiger partial charge on any atom is 0.0283 e. The van der Waals surface area contributed by atoms with E-state index < -0.39 is 0 Å². The topological polar surface area (TPSA) is 38.0 Å². The van der Waals surface area contributed by atoms with Crippen LogP contribution in [-0.2, 0) is 0 Å². The van der Waals surface area contributed by atoms with E-state index in [1.54, 1.807) is 0 Å². The highest BCUT2D eigenvalue weighted by molar-refractivity contribution is 4.99. The summed E-state index contributed by atoms with van der Waals surface area (Å²) in [6.45, 7) is 9.26. The van der Waals surface area contributed by atoms with E-state index in [-0.39, 0.29) is 5.54 Å². The highest BCUT2D eigenvalue weighted by Gasteiger charge is 2.45. The zero-order chi connectivity index (χ0) is 12.5. The van der Waals surface area contributed by atoms with Crippen LogP contribution in [0.25, 0.3) is 0 Å². The van der Waals surface area contributed by atoms with Gasteiger partial charge < -0.3 is 11.1 Å². The van der Waals surface area contributed by atoms with Gasteiger partial charge in [-0.25, -0.2) is 0 Å². The lowest BCUT2D eigenvalue weighted by Gasteiger charge is -2.37. The standard InChI is InChI=1S/C15H30N2/c1-12(2)14(7-8-14)10-17-11-15(16)6-4-5-13(3)9-15/h12-13,17H,4-11,16H2,1-3H3. The molecule has 0 aliphatic heterocycles. The molecule has 2 aliphatic rings. The summed E-state index contributed by atoms with van der Waals surface area (Å²) in [5, 5.41) is 3.68. The highest BCUT2D eigenvalue weighted by atomic mass is 15.0.